The molecule has 2 aromatic heterocycles. The van der Waals surface area contributed by atoms with Gasteiger partial charge >= 0.3 is 0 Å². The lowest BCUT2D eigenvalue weighted by molar-refractivity contribution is 0.306. The van der Waals surface area contributed by atoms with Crippen LogP contribution < -0.4 is 9.46 Å². The molecule has 0 bridgehead atoms. The minimum absolute atomic E-state index is 0.00102. The van der Waals surface area contributed by atoms with Gasteiger partial charge in [0.2, 0.25) is 15.9 Å². The van der Waals surface area contributed by atoms with E-state index >= 15 is 0 Å². The maximum absolute atomic E-state index is 13.0. The van der Waals surface area contributed by atoms with E-state index in [0.717, 1.165) is 12.1 Å². The lowest BCUT2D eigenvalue weighted by Gasteiger charge is -2.08. The molecule has 0 aliphatic heterocycles. The predicted molar refractivity (Wildman–Crippen MR) is 108 cm³/mol. The first-order valence-corrected chi connectivity index (χ1v) is 10.7. The molecule has 11 heteroatoms. The first kappa shape index (κ1) is 20.2. The van der Waals surface area contributed by atoms with Gasteiger partial charge in [-0.15, -0.1) is 15.3 Å². The van der Waals surface area contributed by atoms with Gasteiger partial charge in [-0.2, -0.15) is 4.52 Å². The average Bonchev–Trinajstić information content (AvgIpc) is 3.15. The number of benzene rings is 2. The van der Waals surface area contributed by atoms with E-state index in [4.69, 9.17) is 16.3 Å². The van der Waals surface area contributed by atoms with Crippen LogP contribution in [0.5, 0.6) is 5.88 Å². The molecule has 0 atom stereocenters. The SMILES string of the molecule is O=S(=O)(NCCOc1ccc2nnc(-c3ccccc3Cl)n2n1)c1ccc(F)cc1. The van der Waals surface area contributed by atoms with Crippen molar-refractivity contribution in [2.24, 2.45) is 0 Å². The van der Waals surface area contributed by atoms with Crippen molar-refractivity contribution in [2.75, 3.05) is 13.2 Å². The average molecular weight is 448 g/mol. The molecular weight excluding hydrogens is 433 g/mol. The number of halogens is 2. The number of aromatic nitrogens is 4. The second kappa shape index (κ2) is 8.34. The van der Waals surface area contributed by atoms with Gasteiger partial charge in [0.25, 0.3) is 0 Å². The monoisotopic (exact) mass is 447 g/mol. The van der Waals surface area contributed by atoms with E-state index in [-0.39, 0.29) is 23.9 Å². The molecule has 0 saturated heterocycles. The van der Waals surface area contributed by atoms with Gasteiger partial charge in [-0.25, -0.2) is 17.5 Å². The van der Waals surface area contributed by atoms with Crippen molar-refractivity contribution in [2.45, 2.75) is 4.90 Å². The number of ether oxygens (including phenoxy) is 1. The molecule has 0 unspecified atom stereocenters. The van der Waals surface area contributed by atoms with Crippen LogP contribution in [0.4, 0.5) is 4.39 Å². The molecule has 1 N–H and O–H groups in total. The summed E-state index contributed by atoms with van der Waals surface area (Å²) in [6.45, 7) is 0.0292. The Morgan fingerprint density at radius 3 is 2.57 bits per heavy atom. The Hall–Kier alpha value is -3.08. The standard InChI is InChI=1S/C19H15ClFN5O3S/c20-16-4-2-1-3-15(16)19-24-23-17-9-10-18(25-26(17)19)29-12-11-22-30(27,28)14-7-5-13(21)6-8-14/h1-10,22H,11-12H2. The number of hydrogen-bond acceptors (Lipinski definition) is 6. The first-order chi connectivity index (χ1) is 14.4. The van der Waals surface area contributed by atoms with E-state index in [1.54, 1.807) is 24.3 Å². The Morgan fingerprint density at radius 1 is 1.03 bits per heavy atom. The summed E-state index contributed by atoms with van der Waals surface area (Å²) in [6.07, 6.45) is 0. The minimum atomic E-state index is -3.76. The molecule has 4 rings (SSSR count). The second-order valence-corrected chi connectivity index (χ2v) is 8.32. The zero-order chi connectivity index (χ0) is 21.1. The summed E-state index contributed by atoms with van der Waals surface area (Å²) in [6, 6.07) is 15.0. The van der Waals surface area contributed by atoms with Gasteiger partial charge in [0.05, 0.1) is 9.92 Å². The fraction of sp³-hybridized carbons (Fsp3) is 0.105. The molecule has 0 spiro atoms. The van der Waals surface area contributed by atoms with Crippen LogP contribution in [0.15, 0.2) is 65.6 Å². The highest BCUT2D eigenvalue weighted by atomic mass is 35.5. The number of sulfonamides is 1. The molecule has 0 saturated carbocycles. The van der Waals surface area contributed by atoms with Gasteiger partial charge in [-0.05, 0) is 42.5 Å². The zero-order valence-electron chi connectivity index (χ0n) is 15.4. The van der Waals surface area contributed by atoms with Gasteiger partial charge in [-0.1, -0.05) is 23.7 Å². The van der Waals surface area contributed by atoms with Crippen LogP contribution in [0.3, 0.4) is 0 Å². The number of rotatable bonds is 7. The molecule has 2 heterocycles. The zero-order valence-corrected chi connectivity index (χ0v) is 16.9. The molecule has 8 nitrogen and oxygen atoms in total. The van der Waals surface area contributed by atoms with Crippen LogP contribution in [0.25, 0.3) is 17.0 Å². The first-order valence-electron chi connectivity index (χ1n) is 8.79. The maximum Gasteiger partial charge on any atom is 0.240 e. The van der Waals surface area contributed by atoms with Crippen LogP contribution in [-0.2, 0) is 10.0 Å². The van der Waals surface area contributed by atoms with Crippen LogP contribution in [0, 0.1) is 5.82 Å². The smallest absolute Gasteiger partial charge is 0.240 e. The topological polar surface area (TPSA) is 98.5 Å². The summed E-state index contributed by atoms with van der Waals surface area (Å²) in [4.78, 5) is -0.0303. The fourth-order valence-corrected chi connectivity index (χ4v) is 3.92. The number of nitrogens with zero attached hydrogens (tertiary/aromatic N) is 4. The van der Waals surface area contributed by atoms with Crippen LogP contribution in [0.2, 0.25) is 5.02 Å². The van der Waals surface area contributed by atoms with Crippen LogP contribution in [0.1, 0.15) is 0 Å². The maximum atomic E-state index is 13.0. The third-order valence-electron chi connectivity index (χ3n) is 4.12. The molecule has 4 aromatic rings. The number of fused-ring (bicyclic) bond motifs is 1. The van der Waals surface area contributed by atoms with Crippen LogP contribution >= 0.6 is 11.6 Å². The van der Waals surface area contributed by atoms with E-state index in [1.165, 1.54) is 16.6 Å². The normalized spacial score (nSPS) is 11.7. The van der Waals surface area contributed by atoms with Crippen molar-refractivity contribution in [1.29, 1.82) is 0 Å². The molecule has 154 valence electrons. The third kappa shape index (κ3) is 4.25. The van der Waals surface area contributed by atoms with Gasteiger partial charge in [-0.3, -0.25) is 0 Å². The number of hydrogen-bond donors (Lipinski definition) is 1. The summed E-state index contributed by atoms with van der Waals surface area (Å²) in [7, 11) is -3.76. The lowest BCUT2D eigenvalue weighted by Crippen LogP contribution is -2.28. The van der Waals surface area contributed by atoms with E-state index < -0.39 is 15.8 Å². The van der Waals surface area contributed by atoms with E-state index in [9.17, 15) is 12.8 Å². The highest BCUT2D eigenvalue weighted by Gasteiger charge is 2.15. The van der Waals surface area contributed by atoms with Crippen LogP contribution in [-0.4, -0.2) is 41.4 Å². The molecule has 30 heavy (non-hydrogen) atoms. The highest BCUT2D eigenvalue weighted by Crippen LogP contribution is 2.26. The van der Waals surface area contributed by atoms with Gasteiger partial charge < -0.3 is 4.74 Å². The minimum Gasteiger partial charge on any atom is -0.475 e. The highest BCUT2D eigenvalue weighted by molar-refractivity contribution is 7.89. The summed E-state index contributed by atoms with van der Waals surface area (Å²) in [5.74, 6) is 0.207. The Kier molecular flexibility index (Phi) is 5.62. The summed E-state index contributed by atoms with van der Waals surface area (Å²) >= 11 is 6.23. The Morgan fingerprint density at radius 2 is 1.80 bits per heavy atom. The molecular formula is C19H15ClFN5O3S. The predicted octanol–water partition coefficient (Wildman–Crippen LogP) is 2.94. The fourth-order valence-electron chi connectivity index (χ4n) is 2.69. The molecule has 0 amide bonds. The molecule has 2 aromatic carbocycles. The quantitative estimate of drug-likeness (QED) is 0.437. The van der Waals surface area contributed by atoms with E-state index in [1.807, 2.05) is 12.1 Å². The molecule has 0 fully saturated rings. The summed E-state index contributed by atoms with van der Waals surface area (Å²) in [5, 5.41) is 13.0. The van der Waals surface area contributed by atoms with Crippen molar-refractivity contribution in [3.05, 3.63) is 71.5 Å². The second-order valence-electron chi connectivity index (χ2n) is 6.15. The summed E-state index contributed by atoms with van der Waals surface area (Å²) in [5.41, 5.74) is 1.18. The number of nitrogens with one attached hydrogen (secondary N) is 1. The van der Waals surface area contributed by atoms with Crippen molar-refractivity contribution in [1.82, 2.24) is 24.5 Å². The van der Waals surface area contributed by atoms with Gasteiger partial charge in [0, 0.05) is 18.2 Å². The van der Waals surface area contributed by atoms with Crippen molar-refractivity contribution < 1.29 is 17.5 Å². The Balaban J connectivity index is 1.44. The van der Waals surface area contributed by atoms with Crippen molar-refractivity contribution in [3.8, 4) is 17.3 Å². The molecule has 0 aliphatic carbocycles. The molecule has 0 aliphatic rings. The van der Waals surface area contributed by atoms with E-state index in [2.05, 4.69) is 20.0 Å². The molecule has 0 radical (unpaired) electrons. The third-order valence-corrected chi connectivity index (χ3v) is 5.93. The van der Waals surface area contributed by atoms with Crippen molar-refractivity contribution >= 4 is 27.3 Å². The van der Waals surface area contributed by atoms with Crippen molar-refractivity contribution in [3.63, 3.8) is 0 Å². The van der Waals surface area contributed by atoms with Gasteiger partial charge in [0.1, 0.15) is 12.4 Å². The van der Waals surface area contributed by atoms with Gasteiger partial charge in [0.15, 0.2) is 11.5 Å². The Bertz CT molecular complexity index is 1300. The summed E-state index contributed by atoms with van der Waals surface area (Å²) < 4.78 is 46.8. The van der Waals surface area contributed by atoms with E-state index in [0.29, 0.717) is 22.1 Å². The Labute approximate surface area is 176 Å². The largest absolute Gasteiger partial charge is 0.475 e. The lowest BCUT2D eigenvalue weighted by atomic mass is 10.2.